The number of fused-ring (bicyclic) bond motifs is 15. The molecule has 10 aromatic rings. The van der Waals surface area contributed by atoms with Gasteiger partial charge in [0.2, 0.25) is 11.8 Å². The molecule has 6 amide bonds. The van der Waals surface area contributed by atoms with Crippen molar-refractivity contribution in [1.82, 2.24) is 61.0 Å². The van der Waals surface area contributed by atoms with E-state index in [4.69, 9.17) is 74.9 Å². The van der Waals surface area contributed by atoms with Crippen molar-refractivity contribution in [2.24, 2.45) is 40.1 Å². The molecule has 5 aliphatic rings. The van der Waals surface area contributed by atoms with Crippen LogP contribution < -0.4 is 91.3 Å². The van der Waals surface area contributed by atoms with Gasteiger partial charge in [0, 0.05) is 195 Å². The number of benzene rings is 10. The van der Waals surface area contributed by atoms with E-state index in [0.29, 0.717) is 26.4 Å². The van der Waals surface area contributed by atoms with Gasteiger partial charge in [0.1, 0.15) is 38.8 Å². The van der Waals surface area contributed by atoms with Crippen molar-refractivity contribution in [3.8, 4) is 55.6 Å². The second-order valence-corrected chi connectivity index (χ2v) is 29.2. The van der Waals surface area contributed by atoms with Crippen LogP contribution in [0.1, 0.15) is 141 Å². The normalized spacial score (nSPS) is 9.85. The topological polar surface area (TPSA) is 721 Å². The van der Waals surface area contributed by atoms with Gasteiger partial charge in [-0.1, -0.05) is 243 Å². The number of Topliss-reactive ketones (excluding diaryl/α,β-unsaturated/α-hetero) is 1. The number of carbonyl (C=O) groups is 12. The van der Waals surface area contributed by atoms with Crippen LogP contribution in [0.15, 0.2) is 243 Å². The molecule has 0 unspecified atom stereocenters. The second kappa shape index (κ2) is 97.9. The van der Waals surface area contributed by atoms with E-state index in [1.165, 1.54) is 198 Å². The third-order valence-electron chi connectivity index (χ3n) is 18.8. The van der Waals surface area contributed by atoms with Gasteiger partial charge < -0.3 is 150 Å². The van der Waals surface area contributed by atoms with E-state index < -0.39 is 29.3 Å². The molecule has 831 valence electrons. The Labute approximate surface area is 926 Å². The minimum absolute atomic E-state index is 0. The largest absolute Gasteiger partial charge is 0.481 e. The number of aliphatic carboxylic acids is 4. The fraction of sp³-hybridized carbons (Fsp3) is 0.327. The van der Waals surface area contributed by atoms with E-state index >= 15 is 0 Å². The van der Waals surface area contributed by atoms with Crippen molar-refractivity contribution >= 4 is 82.9 Å². The number of carbonyl (C=O) groups excluding carboxylic acids is 8. The van der Waals surface area contributed by atoms with Gasteiger partial charge in [-0.2, -0.15) is 0 Å². The number of rotatable bonds is 10. The Kier molecular flexibility index (Phi) is 106. The maximum Gasteiger partial charge on any atom is 0.406 e. The number of carboxylic acids is 4. The van der Waals surface area contributed by atoms with Crippen LogP contribution >= 0.6 is 11.6 Å². The molecule has 15 rings (SSSR count). The summed E-state index contributed by atoms with van der Waals surface area (Å²) in [7, 11) is 27.4. The van der Waals surface area contributed by atoms with Gasteiger partial charge in [-0.3, -0.25) is 28.8 Å². The van der Waals surface area contributed by atoms with Crippen molar-refractivity contribution in [1.29, 1.82) is 0 Å². The average molecular weight is 2230 g/mol. The molecule has 0 saturated carbocycles. The molecule has 0 aromatic heterocycles. The Balaban J connectivity index is -0.000000142. The number of nitrogens with zero attached hydrogens (tertiary/aromatic N) is 2. The van der Waals surface area contributed by atoms with E-state index in [9.17, 15) is 38.4 Å². The molecule has 3 radical (unpaired) electrons. The Morgan fingerprint density at radius 2 is 0.333 bits per heavy atom. The predicted octanol–water partition coefficient (Wildman–Crippen LogP) is 15.4. The van der Waals surface area contributed by atoms with Crippen molar-refractivity contribution < 1.29 is 157 Å². The fourth-order valence-corrected chi connectivity index (χ4v) is 13.3. The Hall–Kier alpha value is -13.2. The second-order valence-electron chi connectivity index (χ2n) is 28.9. The Bertz CT molecular complexity index is 4630. The first kappa shape index (κ1) is 162. The number of ketones is 1. The molecule has 43 heteroatoms. The molecule has 0 spiro atoms. The monoisotopic (exact) mass is 2230 g/mol. The summed E-state index contributed by atoms with van der Waals surface area (Å²) in [6, 6.07) is 82.7. The number of carboxylic acid groups (broad SMARTS) is 4. The number of alkyl carbamates (subject to hydrolysis) is 4. The van der Waals surface area contributed by atoms with E-state index in [-0.39, 0.29) is 158 Å². The zero-order valence-electron chi connectivity index (χ0n) is 91.2. The third kappa shape index (κ3) is 61.7. The first-order valence-electron chi connectivity index (χ1n) is 44.7. The van der Waals surface area contributed by atoms with Crippen LogP contribution in [-0.2, 0) is 113 Å². The Morgan fingerprint density at radius 3 is 0.413 bits per heavy atom. The summed E-state index contributed by atoms with van der Waals surface area (Å²) in [5, 5.41) is 42.3. The molecule has 0 fully saturated rings. The number of hydrogen-bond donors (Lipinski definition) is 20. The van der Waals surface area contributed by atoms with Crippen molar-refractivity contribution in [3.05, 3.63) is 298 Å². The van der Waals surface area contributed by atoms with Crippen molar-refractivity contribution in [2.75, 3.05) is 153 Å². The number of halogens is 1. The van der Waals surface area contributed by atoms with Gasteiger partial charge in [0.15, 0.2) is 0 Å². The Morgan fingerprint density at radius 1 is 0.247 bits per heavy atom. The van der Waals surface area contributed by atoms with Crippen LogP contribution in [0.5, 0.6) is 0 Å². The maximum absolute atomic E-state index is 11.3. The SMILES string of the molecule is CC(=O)N(C)C.CC(=O)N(C)C.CC(=O)O.CC(=O)O.CC(=O)O.CC(=O)O.CC(C)=O.CN.CN.CN.CN.CN.CN.CN.CNC.CNC(=O)OCC1c2ccccc2-c2ccccc21.CNC(=O)OCC1c2ccccc2-c2ccccc21.CNC(=O)OCC1c2ccccc2-c2ccccc21.CNC(=O)OCC1c2ccccc2-c2ccccc21.N.N.N.N.O=C(Cl)OCC1c2ccccc2-c2ccccc21.[V].[V].[V]. The summed E-state index contributed by atoms with van der Waals surface area (Å²) in [6.07, 6.45) is -1.55. The summed E-state index contributed by atoms with van der Waals surface area (Å²) < 4.78 is 25.9. The molecular weight excluding hydrogens is 2060 g/mol. The molecular formula is C107H165ClN18O21V3. The molecule has 0 saturated heterocycles. The average Bonchev–Trinajstić information content (AvgIpc) is 1.64. The zero-order chi connectivity index (χ0) is 110. The van der Waals surface area contributed by atoms with Gasteiger partial charge in [0.05, 0.1) is 0 Å². The van der Waals surface area contributed by atoms with E-state index in [2.05, 4.69) is 188 Å². The standard InChI is InChI=1S/4C16H15NO2.C15H11ClO2.2C4H9NO.C3H6O.C2H7N.4C2H4O2.7CH5N.4H3N.3V/c4*1-17-16(18)19-10-15-13-8-4-2-6-11(13)12-7-3-5-9-14(12)15;16-15(17)18-9-14-12-7-3-1-5-10(12)11-6-2-4-8-13(11)14;2*1-4(6)5(2)3;1-3(2)4;1-3-2;4*1-2(3)4;7*1-2;;;;;;;/h4*2-9,15H,10H2,1H3,(H,17,18);1-8,14H,9H2;2*1-3H3;1-2H3;3H,1-2H3;4*1H3,(H,3,4);7*2H2,1H3;4*1H3;;;. The molecule has 0 atom stereocenters. The molecule has 0 aliphatic heterocycles. The number of nitrogens with two attached hydrogens (primary N) is 7. The molecule has 150 heavy (non-hydrogen) atoms. The van der Waals surface area contributed by atoms with Gasteiger partial charge in [-0.15, -0.1) is 0 Å². The van der Waals surface area contributed by atoms with Crippen LogP contribution in [0.2, 0.25) is 0 Å². The van der Waals surface area contributed by atoms with Crippen LogP contribution in [0.3, 0.4) is 0 Å². The van der Waals surface area contributed by atoms with Crippen LogP contribution in [0.25, 0.3) is 55.6 Å². The van der Waals surface area contributed by atoms with Crippen LogP contribution in [0, 0.1) is 0 Å². The summed E-state index contributed by atoms with van der Waals surface area (Å²) in [5.41, 5.74) is 55.3. The van der Waals surface area contributed by atoms with Crippen LogP contribution in [-0.4, -0.2) is 254 Å². The minimum Gasteiger partial charge on any atom is -0.481 e. The molecule has 0 bridgehead atoms. The number of ether oxygens (including phenoxy) is 5. The smallest absolute Gasteiger partial charge is 0.406 e. The molecule has 0 heterocycles. The van der Waals surface area contributed by atoms with Gasteiger partial charge >= 0.3 is 29.8 Å². The molecule has 5 aliphatic carbocycles. The van der Waals surface area contributed by atoms with Gasteiger partial charge in [-0.05, 0) is 189 Å². The van der Waals surface area contributed by atoms with Crippen molar-refractivity contribution in [2.45, 2.75) is 85.0 Å². The van der Waals surface area contributed by atoms with E-state index in [0.717, 1.165) is 27.7 Å². The maximum atomic E-state index is 11.3. The number of hydrogen-bond acceptors (Lipinski definition) is 29. The van der Waals surface area contributed by atoms with E-state index in [1.807, 2.05) is 135 Å². The minimum atomic E-state index is -0.833. The van der Waals surface area contributed by atoms with Crippen LogP contribution in [0.4, 0.5) is 24.0 Å². The number of amides is 6. The number of nitrogens with one attached hydrogen (secondary N) is 5. The van der Waals surface area contributed by atoms with Gasteiger partial charge in [-0.25, -0.2) is 24.0 Å². The summed E-state index contributed by atoms with van der Waals surface area (Å²) >= 11 is 5.25. The fourth-order valence-electron chi connectivity index (χ4n) is 13.3. The first-order valence-corrected chi connectivity index (χ1v) is 45.1. The van der Waals surface area contributed by atoms with Crippen molar-refractivity contribution in [3.63, 3.8) is 0 Å². The summed E-state index contributed by atoms with van der Waals surface area (Å²) in [5.74, 6) is -2.38. The molecule has 10 aromatic carbocycles. The van der Waals surface area contributed by atoms with E-state index in [1.54, 1.807) is 56.4 Å². The summed E-state index contributed by atoms with van der Waals surface area (Å²) in [4.78, 5) is 124. The third-order valence-corrected chi connectivity index (χ3v) is 18.9. The molecule has 39 nitrogen and oxygen atoms in total. The summed E-state index contributed by atoms with van der Waals surface area (Å²) in [6.45, 7) is 12.2. The zero-order valence-corrected chi connectivity index (χ0v) is 96.2. The quantitative estimate of drug-likeness (QED) is 0.0446. The predicted molar refractivity (Wildman–Crippen MR) is 592 cm³/mol. The molecule has 35 N–H and O–H groups in total. The van der Waals surface area contributed by atoms with Gasteiger partial charge in [0.25, 0.3) is 23.9 Å². The first-order chi connectivity index (χ1) is 68.4.